The van der Waals surface area contributed by atoms with E-state index in [9.17, 15) is 5.41 Å². The monoisotopic (exact) mass is 763 g/mol. The molecule has 0 saturated carbocycles. The van der Waals surface area contributed by atoms with Crippen LogP contribution in [0.3, 0.4) is 0 Å². The van der Waals surface area contributed by atoms with Gasteiger partial charge in [0, 0.05) is 11.1 Å². The second kappa shape index (κ2) is 16.2. The maximum atomic E-state index is 9.70. The summed E-state index contributed by atoms with van der Waals surface area (Å²) in [5.41, 5.74) is 18.4. The van der Waals surface area contributed by atoms with Crippen LogP contribution in [0.4, 0.5) is 0 Å². The molecule has 60 heavy (non-hydrogen) atoms. The Kier molecular flexibility index (Phi) is 9.83. The molecule has 10 aromatic rings. The second-order valence-electron chi connectivity index (χ2n) is 15.2. The molecule has 0 bridgehead atoms. The number of benzene rings is 10. The minimum absolute atomic E-state index is 0.500. The molecule has 282 valence electrons. The first kappa shape index (κ1) is 36.5. The van der Waals surface area contributed by atoms with E-state index in [4.69, 9.17) is 0 Å². The van der Waals surface area contributed by atoms with Crippen molar-refractivity contribution in [2.75, 3.05) is 0 Å². The molecule has 0 heterocycles. The Balaban J connectivity index is 1.17. The molecule has 10 rings (SSSR count). The SMILES string of the molecule is N=C(c1cccc(-c2cccc(-c3cc(-c4ccccc4)c(-c4ccccc4)c(-c4ccccc4)c3-c3ccccc3)c2)c1)c1ccc2ccccc2c1-c1ccccc1. The van der Waals surface area contributed by atoms with Crippen LogP contribution in [-0.4, -0.2) is 5.71 Å². The highest BCUT2D eigenvalue weighted by atomic mass is 14.4. The van der Waals surface area contributed by atoms with Gasteiger partial charge in [0.15, 0.2) is 0 Å². The van der Waals surface area contributed by atoms with E-state index in [0.717, 1.165) is 60.8 Å². The second-order valence-corrected chi connectivity index (χ2v) is 15.2. The zero-order chi connectivity index (χ0) is 40.3. The van der Waals surface area contributed by atoms with Crippen LogP contribution in [0.2, 0.25) is 0 Å². The molecule has 1 N–H and O–H groups in total. The summed E-state index contributed by atoms with van der Waals surface area (Å²) in [7, 11) is 0. The summed E-state index contributed by atoms with van der Waals surface area (Å²) in [6, 6.07) is 86.3. The highest BCUT2D eigenvalue weighted by molar-refractivity contribution is 6.19. The van der Waals surface area contributed by atoms with Crippen LogP contribution >= 0.6 is 0 Å². The lowest BCUT2D eigenvalue weighted by molar-refractivity contribution is 1.46. The van der Waals surface area contributed by atoms with Crippen LogP contribution in [-0.2, 0) is 0 Å². The Morgan fingerprint density at radius 2 is 0.683 bits per heavy atom. The lowest BCUT2D eigenvalue weighted by Gasteiger charge is -2.24. The number of rotatable bonds is 9. The molecule has 0 aliphatic rings. The Hall–Kier alpha value is -7.87. The first-order chi connectivity index (χ1) is 29.7. The minimum atomic E-state index is 0.500. The van der Waals surface area contributed by atoms with E-state index in [0.29, 0.717) is 5.71 Å². The number of hydrogen-bond donors (Lipinski definition) is 1. The average Bonchev–Trinajstić information content (AvgIpc) is 3.34. The predicted octanol–water partition coefficient (Wildman–Crippen LogP) is 15.9. The van der Waals surface area contributed by atoms with E-state index >= 15 is 0 Å². The van der Waals surface area contributed by atoms with Gasteiger partial charge in [-0.3, -0.25) is 5.41 Å². The van der Waals surface area contributed by atoms with Crippen molar-refractivity contribution in [3.63, 3.8) is 0 Å². The smallest absolute Gasteiger partial charge is 0.0691 e. The molecule has 1 nitrogen and oxygen atoms in total. The summed E-state index contributed by atoms with van der Waals surface area (Å²) in [5.74, 6) is 0. The van der Waals surface area contributed by atoms with Gasteiger partial charge in [-0.05, 0) is 107 Å². The molecule has 0 aromatic heterocycles. The van der Waals surface area contributed by atoms with Gasteiger partial charge < -0.3 is 0 Å². The summed E-state index contributed by atoms with van der Waals surface area (Å²) in [6.45, 7) is 0. The summed E-state index contributed by atoms with van der Waals surface area (Å²) in [5, 5.41) is 12.0. The number of hydrogen-bond acceptors (Lipinski definition) is 1. The molecule has 10 aromatic carbocycles. The van der Waals surface area contributed by atoms with Gasteiger partial charge in [-0.1, -0.05) is 224 Å². The maximum absolute atomic E-state index is 9.70. The number of nitrogens with one attached hydrogen (secondary N) is 1. The van der Waals surface area contributed by atoms with Crippen LogP contribution in [0, 0.1) is 5.41 Å². The third kappa shape index (κ3) is 6.93. The fourth-order valence-electron chi connectivity index (χ4n) is 8.73. The van der Waals surface area contributed by atoms with Crippen molar-refractivity contribution in [1.29, 1.82) is 5.41 Å². The maximum Gasteiger partial charge on any atom is 0.0691 e. The molecular formula is C59H41N. The standard InChI is InChI=1S/C59H41N/c60-59(52-37-36-42-22-16-17-35-51(42)55(52)43-23-8-2-9-24-43)50-34-19-32-48(39-50)47-31-18-33-49(38-47)54-40-53(41-20-6-1-7-21-41)56(44-25-10-3-11-26-44)58(46-29-14-5-15-30-46)57(54)45-27-12-4-13-28-45/h1-40,60H. The van der Waals surface area contributed by atoms with E-state index in [1.165, 1.54) is 38.9 Å². The molecule has 0 radical (unpaired) electrons. The normalized spacial score (nSPS) is 11.1. The van der Waals surface area contributed by atoms with E-state index in [-0.39, 0.29) is 0 Å². The van der Waals surface area contributed by atoms with Gasteiger partial charge in [0.25, 0.3) is 0 Å². The van der Waals surface area contributed by atoms with Crippen molar-refractivity contribution in [2.45, 2.75) is 0 Å². The van der Waals surface area contributed by atoms with Crippen LogP contribution in [0.15, 0.2) is 243 Å². The molecule has 0 aliphatic carbocycles. The minimum Gasteiger partial charge on any atom is -0.300 e. The Labute approximate surface area is 352 Å². The highest BCUT2D eigenvalue weighted by Gasteiger charge is 2.24. The molecule has 0 atom stereocenters. The van der Waals surface area contributed by atoms with Gasteiger partial charge >= 0.3 is 0 Å². The van der Waals surface area contributed by atoms with Crippen LogP contribution < -0.4 is 0 Å². The molecule has 0 amide bonds. The summed E-state index contributed by atoms with van der Waals surface area (Å²) >= 11 is 0. The third-order valence-corrected chi connectivity index (χ3v) is 11.5. The molecule has 0 saturated heterocycles. The lowest BCUT2D eigenvalue weighted by Crippen LogP contribution is -2.04. The molecule has 0 fully saturated rings. The van der Waals surface area contributed by atoms with Crippen molar-refractivity contribution < 1.29 is 0 Å². The molecule has 0 spiro atoms. The first-order valence-corrected chi connectivity index (χ1v) is 20.5. The topological polar surface area (TPSA) is 23.9 Å². The Morgan fingerprint density at radius 3 is 1.27 bits per heavy atom. The number of fused-ring (bicyclic) bond motifs is 1. The summed E-state index contributed by atoms with van der Waals surface area (Å²) in [6.07, 6.45) is 0. The summed E-state index contributed by atoms with van der Waals surface area (Å²) < 4.78 is 0. The van der Waals surface area contributed by atoms with E-state index in [2.05, 4.69) is 237 Å². The molecule has 0 unspecified atom stereocenters. The van der Waals surface area contributed by atoms with Crippen molar-refractivity contribution in [3.8, 4) is 77.9 Å². The zero-order valence-electron chi connectivity index (χ0n) is 33.1. The molecular weight excluding hydrogens is 723 g/mol. The van der Waals surface area contributed by atoms with Gasteiger partial charge in [0.1, 0.15) is 0 Å². The predicted molar refractivity (Wildman–Crippen MR) is 254 cm³/mol. The lowest BCUT2D eigenvalue weighted by atomic mass is 9.78. The third-order valence-electron chi connectivity index (χ3n) is 11.5. The van der Waals surface area contributed by atoms with Gasteiger partial charge in [0.05, 0.1) is 5.71 Å². The Morgan fingerprint density at radius 1 is 0.267 bits per heavy atom. The van der Waals surface area contributed by atoms with Crippen molar-refractivity contribution >= 4 is 16.5 Å². The van der Waals surface area contributed by atoms with Crippen molar-refractivity contribution in [1.82, 2.24) is 0 Å². The van der Waals surface area contributed by atoms with Gasteiger partial charge in [-0.15, -0.1) is 0 Å². The van der Waals surface area contributed by atoms with E-state index < -0.39 is 0 Å². The van der Waals surface area contributed by atoms with E-state index in [1.54, 1.807) is 0 Å². The largest absolute Gasteiger partial charge is 0.300 e. The van der Waals surface area contributed by atoms with Crippen LogP contribution in [0.5, 0.6) is 0 Å². The van der Waals surface area contributed by atoms with Crippen LogP contribution in [0.1, 0.15) is 11.1 Å². The van der Waals surface area contributed by atoms with Gasteiger partial charge in [0.2, 0.25) is 0 Å². The van der Waals surface area contributed by atoms with Gasteiger partial charge in [-0.25, -0.2) is 0 Å². The summed E-state index contributed by atoms with van der Waals surface area (Å²) in [4.78, 5) is 0. The fourth-order valence-corrected chi connectivity index (χ4v) is 8.73. The van der Waals surface area contributed by atoms with Gasteiger partial charge in [-0.2, -0.15) is 0 Å². The average molecular weight is 764 g/mol. The van der Waals surface area contributed by atoms with Crippen LogP contribution in [0.25, 0.3) is 88.7 Å². The van der Waals surface area contributed by atoms with Crippen molar-refractivity contribution in [2.24, 2.45) is 0 Å². The first-order valence-electron chi connectivity index (χ1n) is 20.5. The molecule has 1 heteroatoms. The molecule has 0 aliphatic heterocycles. The van der Waals surface area contributed by atoms with Crippen molar-refractivity contribution in [3.05, 3.63) is 254 Å². The Bertz CT molecular complexity index is 3120. The van der Waals surface area contributed by atoms with E-state index in [1.807, 2.05) is 6.07 Å². The fraction of sp³-hybridized carbons (Fsp3) is 0. The highest BCUT2D eigenvalue weighted by Crippen LogP contribution is 2.50. The zero-order valence-corrected chi connectivity index (χ0v) is 33.1. The quantitative estimate of drug-likeness (QED) is 0.142.